The Morgan fingerprint density at radius 1 is 1.15 bits per heavy atom. The minimum atomic E-state index is -3.31. The highest BCUT2D eigenvalue weighted by molar-refractivity contribution is 5.85. The fraction of sp³-hybridized carbons (Fsp3) is 0.840. The number of aliphatic hydroxyl groups excluding tert-OH is 1. The number of allylic oxidation sites excluding steroid dienone is 2. The molecule has 1 heterocycles. The van der Waals surface area contributed by atoms with Gasteiger partial charge in [0.25, 0.3) is 0 Å². The summed E-state index contributed by atoms with van der Waals surface area (Å²) >= 11 is 0. The first-order chi connectivity index (χ1) is 15.7. The maximum atomic E-state index is 14.2. The third kappa shape index (κ3) is 9.41. The van der Waals surface area contributed by atoms with Gasteiger partial charge < -0.3 is 19.7 Å². The molecular formula is C25H40F2O6. The van der Waals surface area contributed by atoms with Crippen LogP contribution >= 0.6 is 0 Å². The van der Waals surface area contributed by atoms with Crippen molar-refractivity contribution >= 4 is 11.8 Å². The van der Waals surface area contributed by atoms with Gasteiger partial charge in [-0.05, 0) is 63.2 Å². The van der Waals surface area contributed by atoms with E-state index in [2.05, 4.69) is 0 Å². The molecule has 190 valence electrons. The summed E-state index contributed by atoms with van der Waals surface area (Å²) in [6.07, 6.45) is 7.89. The molecule has 6 nitrogen and oxygen atoms in total. The summed E-state index contributed by atoms with van der Waals surface area (Å²) in [7, 11) is 0. The highest BCUT2D eigenvalue weighted by Crippen LogP contribution is 2.41. The molecule has 2 fully saturated rings. The van der Waals surface area contributed by atoms with Crippen LogP contribution in [0.4, 0.5) is 8.78 Å². The van der Waals surface area contributed by atoms with Crippen molar-refractivity contribution < 1.29 is 38.1 Å². The predicted octanol–water partition coefficient (Wildman–Crippen LogP) is 5.27. The smallest absolute Gasteiger partial charge is 0.305 e. The zero-order valence-electron chi connectivity index (χ0n) is 19.7. The number of ketones is 1. The summed E-state index contributed by atoms with van der Waals surface area (Å²) in [5, 5.41) is 19.4. The summed E-state index contributed by atoms with van der Waals surface area (Å²) in [5.74, 6) is -5.60. The van der Waals surface area contributed by atoms with E-state index in [1.54, 1.807) is 0 Å². The van der Waals surface area contributed by atoms with E-state index >= 15 is 0 Å². The number of alkyl halides is 2. The SMILES string of the molecule is CCCCC(F)(F)C(=O)CC[C@@H]1[C@@H](C/C=C\CCCC(=O)O)[C@@H](O)C[C@H]1OC1CCCCO1. The molecule has 0 spiro atoms. The molecule has 1 saturated carbocycles. The molecule has 33 heavy (non-hydrogen) atoms. The van der Waals surface area contributed by atoms with E-state index in [4.69, 9.17) is 14.6 Å². The van der Waals surface area contributed by atoms with Gasteiger partial charge in [0.05, 0.1) is 12.2 Å². The summed E-state index contributed by atoms with van der Waals surface area (Å²) < 4.78 is 40.2. The van der Waals surface area contributed by atoms with E-state index in [1.807, 2.05) is 19.1 Å². The zero-order chi connectivity index (χ0) is 24.3. The van der Waals surface area contributed by atoms with Gasteiger partial charge in [0.1, 0.15) is 0 Å². The molecule has 0 aromatic heterocycles. The van der Waals surface area contributed by atoms with E-state index in [0.717, 1.165) is 19.3 Å². The van der Waals surface area contributed by atoms with E-state index in [1.165, 1.54) is 0 Å². The number of Topliss-reactive ketones (excluding diaryl/α,β-unsaturated/α-hetero) is 1. The van der Waals surface area contributed by atoms with Crippen molar-refractivity contribution in [2.45, 2.75) is 115 Å². The standard InChI is InChI=1S/C25H40F2O6/c1-2-3-15-25(26,27)22(29)14-13-19-18(10-6-4-5-7-11-23(30)31)20(28)17-21(19)33-24-12-8-9-16-32-24/h4,6,18-21,24,28H,2-3,5,7-17H2,1H3,(H,30,31)/b6-4-/t18-,19-,20+,21-,24?/m1/s1. The fourth-order valence-electron chi connectivity index (χ4n) is 4.81. The minimum absolute atomic E-state index is 0.102. The molecule has 0 amide bonds. The first-order valence-electron chi connectivity index (χ1n) is 12.5. The second kappa shape index (κ2) is 14.1. The number of aliphatic hydroxyl groups is 1. The molecule has 0 radical (unpaired) electrons. The number of carbonyl (C=O) groups is 2. The average Bonchev–Trinajstić information content (AvgIpc) is 3.07. The van der Waals surface area contributed by atoms with Gasteiger partial charge >= 0.3 is 11.9 Å². The number of aliphatic carboxylic acids is 1. The molecule has 2 rings (SSSR count). The lowest BCUT2D eigenvalue weighted by Gasteiger charge is -2.30. The van der Waals surface area contributed by atoms with Gasteiger partial charge in [0.2, 0.25) is 5.78 Å². The fourth-order valence-corrected chi connectivity index (χ4v) is 4.81. The molecule has 0 bridgehead atoms. The number of carboxylic acids is 1. The van der Waals surface area contributed by atoms with Gasteiger partial charge in [-0.25, -0.2) is 0 Å². The number of unbranched alkanes of at least 4 members (excludes halogenated alkanes) is 2. The first-order valence-corrected chi connectivity index (χ1v) is 12.5. The number of hydrogen-bond acceptors (Lipinski definition) is 5. The highest BCUT2D eigenvalue weighted by atomic mass is 19.3. The van der Waals surface area contributed by atoms with Crippen LogP contribution in [0.25, 0.3) is 0 Å². The number of carbonyl (C=O) groups excluding carboxylic acids is 1. The predicted molar refractivity (Wildman–Crippen MR) is 120 cm³/mol. The van der Waals surface area contributed by atoms with E-state index in [9.17, 15) is 23.5 Å². The molecule has 1 saturated heterocycles. The highest BCUT2D eigenvalue weighted by Gasteiger charge is 2.45. The molecule has 0 aromatic rings. The number of rotatable bonds is 15. The molecule has 0 aromatic carbocycles. The molecule has 2 aliphatic rings. The summed E-state index contributed by atoms with van der Waals surface area (Å²) in [4.78, 5) is 22.9. The maximum Gasteiger partial charge on any atom is 0.305 e. The minimum Gasteiger partial charge on any atom is -0.481 e. The third-order valence-corrected chi connectivity index (χ3v) is 6.75. The van der Waals surface area contributed by atoms with E-state index in [0.29, 0.717) is 45.1 Å². The van der Waals surface area contributed by atoms with Crippen molar-refractivity contribution in [2.24, 2.45) is 11.8 Å². The van der Waals surface area contributed by atoms with Gasteiger partial charge in [-0.2, -0.15) is 8.78 Å². The van der Waals surface area contributed by atoms with Crippen LogP contribution in [-0.2, 0) is 19.1 Å². The van der Waals surface area contributed by atoms with Crippen molar-refractivity contribution in [3.63, 3.8) is 0 Å². The Bertz CT molecular complexity index is 632. The van der Waals surface area contributed by atoms with Crippen LogP contribution in [0, 0.1) is 11.8 Å². The molecule has 2 N–H and O–H groups in total. The molecule has 1 aliphatic heterocycles. The maximum absolute atomic E-state index is 14.2. The van der Waals surface area contributed by atoms with Crippen molar-refractivity contribution in [2.75, 3.05) is 6.61 Å². The Morgan fingerprint density at radius 3 is 2.61 bits per heavy atom. The molecule has 8 heteroatoms. The lowest BCUT2D eigenvalue weighted by molar-refractivity contribution is -0.196. The second-order valence-corrected chi connectivity index (χ2v) is 9.36. The average molecular weight is 475 g/mol. The van der Waals surface area contributed by atoms with Gasteiger partial charge in [0, 0.05) is 32.3 Å². The Kier molecular flexibility index (Phi) is 11.9. The second-order valence-electron chi connectivity index (χ2n) is 9.36. The summed E-state index contributed by atoms with van der Waals surface area (Å²) in [5.41, 5.74) is 0. The zero-order valence-corrected chi connectivity index (χ0v) is 19.7. The Labute approximate surface area is 195 Å². The van der Waals surface area contributed by atoms with E-state index in [-0.39, 0.29) is 43.5 Å². The number of carboxylic acid groups (broad SMARTS) is 1. The number of halogens is 2. The van der Waals surface area contributed by atoms with Crippen LogP contribution in [0.5, 0.6) is 0 Å². The molecule has 5 atom stereocenters. The van der Waals surface area contributed by atoms with Crippen LogP contribution in [0.1, 0.15) is 90.4 Å². The Hall–Kier alpha value is -1.38. The quantitative estimate of drug-likeness (QED) is 0.248. The normalized spacial score (nSPS) is 28.4. The van der Waals surface area contributed by atoms with Crippen molar-refractivity contribution in [1.29, 1.82) is 0 Å². The van der Waals surface area contributed by atoms with Gasteiger partial charge in [-0.1, -0.05) is 25.5 Å². The van der Waals surface area contributed by atoms with Gasteiger partial charge in [-0.3, -0.25) is 9.59 Å². The lowest BCUT2D eigenvalue weighted by atomic mass is 9.85. The first kappa shape index (κ1) is 27.9. The molecule has 1 unspecified atom stereocenters. The Balaban J connectivity index is 1.99. The van der Waals surface area contributed by atoms with Crippen LogP contribution in [0.2, 0.25) is 0 Å². The van der Waals surface area contributed by atoms with Crippen LogP contribution in [0.15, 0.2) is 12.2 Å². The van der Waals surface area contributed by atoms with Crippen molar-refractivity contribution in [3.8, 4) is 0 Å². The Morgan fingerprint density at radius 2 is 1.94 bits per heavy atom. The number of hydrogen-bond donors (Lipinski definition) is 2. The third-order valence-electron chi connectivity index (χ3n) is 6.75. The van der Waals surface area contributed by atoms with Crippen molar-refractivity contribution in [1.82, 2.24) is 0 Å². The van der Waals surface area contributed by atoms with Crippen LogP contribution < -0.4 is 0 Å². The summed E-state index contributed by atoms with van der Waals surface area (Å²) in [6.45, 7) is 2.44. The monoisotopic (exact) mass is 474 g/mol. The largest absolute Gasteiger partial charge is 0.481 e. The van der Waals surface area contributed by atoms with E-state index < -0.39 is 30.2 Å². The van der Waals surface area contributed by atoms with Gasteiger partial charge in [0.15, 0.2) is 6.29 Å². The van der Waals surface area contributed by atoms with Crippen LogP contribution in [0.3, 0.4) is 0 Å². The topological polar surface area (TPSA) is 93.1 Å². The summed E-state index contributed by atoms with van der Waals surface area (Å²) in [6, 6.07) is 0. The lowest BCUT2D eigenvalue weighted by Crippen LogP contribution is -2.33. The van der Waals surface area contributed by atoms with Crippen LogP contribution in [-0.4, -0.2) is 53.0 Å². The molecular weight excluding hydrogens is 434 g/mol. The molecule has 1 aliphatic carbocycles. The van der Waals surface area contributed by atoms with Crippen molar-refractivity contribution in [3.05, 3.63) is 12.2 Å². The number of ether oxygens (including phenoxy) is 2. The van der Waals surface area contributed by atoms with Gasteiger partial charge in [-0.15, -0.1) is 0 Å².